The summed E-state index contributed by atoms with van der Waals surface area (Å²) in [6, 6.07) is 12.5. The maximum absolute atomic E-state index is 13.3. The van der Waals surface area contributed by atoms with Crippen molar-refractivity contribution >= 4 is 26.6 Å². The molecule has 1 aliphatic heterocycles. The predicted molar refractivity (Wildman–Crippen MR) is 111 cm³/mol. The van der Waals surface area contributed by atoms with Crippen LogP contribution in [-0.2, 0) is 10.0 Å². The molecule has 1 fully saturated rings. The van der Waals surface area contributed by atoms with E-state index in [1.54, 1.807) is 19.1 Å². The first-order valence-corrected chi connectivity index (χ1v) is 11.1. The SMILES string of the molecule is CCS(=O)(=O)NC1CCN(c2nn(-c3ccc(F)cc3)c(=O)c3ccccc23)C1. The van der Waals surface area contributed by atoms with Gasteiger partial charge in [0.15, 0.2) is 5.82 Å². The Morgan fingerprint density at radius 3 is 2.52 bits per heavy atom. The highest BCUT2D eigenvalue weighted by molar-refractivity contribution is 7.89. The van der Waals surface area contributed by atoms with Gasteiger partial charge < -0.3 is 4.90 Å². The molecule has 0 aliphatic carbocycles. The molecule has 2 aromatic carbocycles. The lowest BCUT2D eigenvalue weighted by Crippen LogP contribution is -2.38. The Hall–Kier alpha value is -2.78. The Balaban J connectivity index is 1.77. The molecule has 0 spiro atoms. The highest BCUT2D eigenvalue weighted by Gasteiger charge is 2.28. The number of aromatic nitrogens is 2. The van der Waals surface area contributed by atoms with Crippen LogP contribution in [0.2, 0.25) is 0 Å². The predicted octanol–water partition coefficient (Wildman–Crippen LogP) is 2.04. The minimum atomic E-state index is -3.30. The smallest absolute Gasteiger partial charge is 0.279 e. The van der Waals surface area contributed by atoms with Gasteiger partial charge in [0.1, 0.15) is 5.82 Å². The van der Waals surface area contributed by atoms with Crippen molar-refractivity contribution in [3.8, 4) is 5.69 Å². The van der Waals surface area contributed by atoms with Crippen LogP contribution < -0.4 is 15.2 Å². The van der Waals surface area contributed by atoms with Crippen LogP contribution in [0.5, 0.6) is 0 Å². The van der Waals surface area contributed by atoms with Crippen LogP contribution in [0, 0.1) is 5.82 Å². The van der Waals surface area contributed by atoms with Crippen LogP contribution in [0.4, 0.5) is 10.2 Å². The van der Waals surface area contributed by atoms with Crippen LogP contribution in [0.1, 0.15) is 13.3 Å². The molecule has 1 unspecified atom stereocenters. The van der Waals surface area contributed by atoms with Crippen molar-refractivity contribution in [1.29, 1.82) is 0 Å². The molecule has 2 heterocycles. The van der Waals surface area contributed by atoms with Crippen LogP contribution >= 0.6 is 0 Å². The van der Waals surface area contributed by atoms with E-state index in [1.165, 1.54) is 28.9 Å². The summed E-state index contributed by atoms with van der Waals surface area (Å²) >= 11 is 0. The van der Waals surface area contributed by atoms with Gasteiger partial charge in [-0.3, -0.25) is 4.79 Å². The molecule has 1 saturated heterocycles. The van der Waals surface area contributed by atoms with Gasteiger partial charge in [-0.05, 0) is 43.7 Å². The van der Waals surface area contributed by atoms with E-state index in [9.17, 15) is 17.6 Å². The Labute approximate surface area is 167 Å². The summed E-state index contributed by atoms with van der Waals surface area (Å²) in [6.45, 7) is 2.66. The number of rotatable bonds is 5. The minimum Gasteiger partial charge on any atom is -0.353 e. The molecular weight excluding hydrogens is 395 g/mol. The lowest BCUT2D eigenvalue weighted by molar-refractivity contribution is 0.562. The number of sulfonamides is 1. The number of fused-ring (bicyclic) bond motifs is 1. The Morgan fingerprint density at radius 1 is 1.14 bits per heavy atom. The van der Waals surface area contributed by atoms with E-state index in [1.807, 2.05) is 17.0 Å². The molecule has 1 N–H and O–H groups in total. The van der Waals surface area contributed by atoms with Gasteiger partial charge in [-0.25, -0.2) is 17.5 Å². The summed E-state index contributed by atoms with van der Waals surface area (Å²) in [6.07, 6.45) is 0.644. The number of nitrogens with zero attached hydrogens (tertiary/aromatic N) is 3. The third-order valence-corrected chi connectivity index (χ3v) is 6.52. The number of nitrogens with one attached hydrogen (secondary N) is 1. The first-order chi connectivity index (χ1) is 13.9. The van der Waals surface area contributed by atoms with E-state index < -0.39 is 15.8 Å². The van der Waals surface area contributed by atoms with Gasteiger partial charge in [0.2, 0.25) is 10.0 Å². The fourth-order valence-corrected chi connectivity index (χ4v) is 4.42. The molecular formula is C20H21FN4O3S. The molecule has 0 saturated carbocycles. The lowest BCUT2D eigenvalue weighted by Gasteiger charge is -2.21. The van der Waals surface area contributed by atoms with Gasteiger partial charge in [0.05, 0.1) is 16.8 Å². The van der Waals surface area contributed by atoms with Gasteiger partial charge >= 0.3 is 0 Å². The third kappa shape index (κ3) is 3.88. The van der Waals surface area contributed by atoms with Crippen molar-refractivity contribution in [2.75, 3.05) is 23.7 Å². The molecule has 0 bridgehead atoms. The quantitative estimate of drug-likeness (QED) is 0.688. The van der Waals surface area contributed by atoms with E-state index in [0.717, 1.165) is 0 Å². The fourth-order valence-electron chi connectivity index (χ4n) is 3.55. The normalized spacial score (nSPS) is 17.2. The molecule has 152 valence electrons. The van der Waals surface area contributed by atoms with E-state index in [0.29, 0.717) is 41.8 Å². The van der Waals surface area contributed by atoms with Crippen LogP contribution in [-0.4, -0.2) is 43.1 Å². The van der Waals surface area contributed by atoms with Crippen molar-refractivity contribution in [1.82, 2.24) is 14.5 Å². The van der Waals surface area contributed by atoms with Gasteiger partial charge in [-0.1, -0.05) is 18.2 Å². The van der Waals surface area contributed by atoms with E-state index in [2.05, 4.69) is 9.82 Å². The summed E-state index contributed by atoms with van der Waals surface area (Å²) in [7, 11) is -3.30. The summed E-state index contributed by atoms with van der Waals surface area (Å²) in [4.78, 5) is 14.9. The summed E-state index contributed by atoms with van der Waals surface area (Å²) in [5, 5.41) is 5.77. The van der Waals surface area contributed by atoms with Gasteiger partial charge in [0, 0.05) is 24.5 Å². The van der Waals surface area contributed by atoms with Crippen molar-refractivity contribution in [2.45, 2.75) is 19.4 Å². The Morgan fingerprint density at radius 2 is 1.83 bits per heavy atom. The second-order valence-corrected chi connectivity index (χ2v) is 9.06. The number of hydrogen-bond acceptors (Lipinski definition) is 5. The average molecular weight is 416 g/mol. The lowest BCUT2D eigenvalue weighted by atomic mass is 10.1. The standard InChI is InChI=1S/C20H21FN4O3S/c1-2-29(27,28)23-15-11-12-24(13-15)19-17-5-3-4-6-18(17)20(26)25(22-19)16-9-7-14(21)8-10-16/h3-10,15,23H,2,11-13H2,1H3. The van der Waals surface area contributed by atoms with Crippen molar-refractivity contribution in [3.05, 3.63) is 64.7 Å². The second kappa shape index (κ2) is 7.57. The summed E-state index contributed by atoms with van der Waals surface area (Å²) in [5.74, 6) is 0.233. The molecule has 1 aromatic heterocycles. The fraction of sp³-hybridized carbons (Fsp3) is 0.300. The molecule has 0 amide bonds. The first-order valence-electron chi connectivity index (χ1n) is 9.41. The van der Waals surface area contributed by atoms with Gasteiger partial charge in [0.25, 0.3) is 5.56 Å². The maximum atomic E-state index is 13.3. The topological polar surface area (TPSA) is 84.3 Å². The molecule has 3 aromatic rings. The Bertz CT molecular complexity index is 1210. The van der Waals surface area contributed by atoms with Crippen molar-refractivity contribution < 1.29 is 12.8 Å². The summed E-state index contributed by atoms with van der Waals surface area (Å²) < 4.78 is 41.1. The van der Waals surface area contributed by atoms with Crippen LogP contribution in [0.3, 0.4) is 0 Å². The zero-order chi connectivity index (χ0) is 20.6. The zero-order valence-electron chi connectivity index (χ0n) is 15.9. The van der Waals surface area contributed by atoms with Crippen molar-refractivity contribution in [3.63, 3.8) is 0 Å². The monoisotopic (exact) mass is 416 g/mol. The molecule has 4 rings (SSSR count). The molecule has 1 atom stereocenters. The molecule has 1 aliphatic rings. The van der Waals surface area contributed by atoms with E-state index >= 15 is 0 Å². The van der Waals surface area contributed by atoms with Gasteiger partial charge in [-0.15, -0.1) is 5.10 Å². The van der Waals surface area contributed by atoms with Crippen molar-refractivity contribution in [2.24, 2.45) is 0 Å². The Kier molecular flexibility index (Phi) is 5.10. The molecule has 0 radical (unpaired) electrons. The second-order valence-electron chi connectivity index (χ2n) is 7.02. The van der Waals surface area contributed by atoms with Crippen LogP contribution in [0.25, 0.3) is 16.5 Å². The highest BCUT2D eigenvalue weighted by atomic mass is 32.2. The highest BCUT2D eigenvalue weighted by Crippen LogP contribution is 2.26. The van der Waals surface area contributed by atoms with Gasteiger partial charge in [-0.2, -0.15) is 4.68 Å². The zero-order valence-corrected chi connectivity index (χ0v) is 16.7. The number of hydrogen-bond donors (Lipinski definition) is 1. The number of anilines is 1. The molecule has 29 heavy (non-hydrogen) atoms. The number of halogens is 1. The minimum absolute atomic E-state index is 0.0279. The average Bonchev–Trinajstić information content (AvgIpc) is 3.17. The third-order valence-electron chi connectivity index (χ3n) is 5.07. The van der Waals surface area contributed by atoms with Crippen LogP contribution in [0.15, 0.2) is 53.3 Å². The maximum Gasteiger partial charge on any atom is 0.279 e. The molecule has 7 nitrogen and oxygen atoms in total. The summed E-state index contributed by atoms with van der Waals surface area (Å²) in [5.41, 5.74) is 0.171. The first kappa shape index (κ1) is 19.5. The number of benzene rings is 2. The molecule has 9 heteroatoms. The van der Waals surface area contributed by atoms with E-state index in [4.69, 9.17) is 0 Å². The van der Waals surface area contributed by atoms with E-state index in [-0.39, 0.29) is 17.4 Å². The largest absolute Gasteiger partial charge is 0.353 e.